The number of aliphatic hydroxyl groups is 1. The maximum absolute atomic E-state index is 10.6. The van der Waals surface area contributed by atoms with Gasteiger partial charge < -0.3 is 9.84 Å². The maximum atomic E-state index is 10.6. The summed E-state index contributed by atoms with van der Waals surface area (Å²) in [4.78, 5) is 2.38. The summed E-state index contributed by atoms with van der Waals surface area (Å²) >= 11 is 0. The van der Waals surface area contributed by atoms with Gasteiger partial charge in [-0.05, 0) is 67.4 Å². The Morgan fingerprint density at radius 3 is 2.54 bits per heavy atom. The zero-order valence-corrected chi connectivity index (χ0v) is 16.5. The van der Waals surface area contributed by atoms with Crippen molar-refractivity contribution in [1.29, 1.82) is 0 Å². The highest BCUT2D eigenvalue weighted by molar-refractivity contribution is 5.29. The van der Waals surface area contributed by atoms with Crippen molar-refractivity contribution in [3.8, 4) is 0 Å². The lowest BCUT2D eigenvalue weighted by molar-refractivity contribution is -0.148. The van der Waals surface area contributed by atoms with E-state index in [1.165, 1.54) is 43.2 Å². The number of benzene rings is 1. The first kappa shape index (κ1) is 18.5. The molecule has 3 unspecified atom stereocenters. The van der Waals surface area contributed by atoms with E-state index in [1.807, 2.05) is 0 Å². The third-order valence-electron chi connectivity index (χ3n) is 6.83. The molecule has 26 heavy (non-hydrogen) atoms. The van der Waals surface area contributed by atoms with Gasteiger partial charge in [-0.15, -0.1) is 0 Å². The van der Waals surface area contributed by atoms with Crippen molar-refractivity contribution < 1.29 is 9.84 Å². The number of hydrogen-bond acceptors (Lipinski definition) is 3. The molecule has 1 aliphatic heterocycles. The highest BCUT2D eigenvalue weighted by Gasteiger charge is 2.45. The van der Waals surface area contributed by atoms with E-state index in [4.69, 9.17) is 4.74 Å². The van der Waals surface area contributed by atoms with Crippen LogP contribution in [0.25, 0.3) is 0 Å². The molecule has 2 aliphatic carbocycles. The summed E-state index contributed by atoms with van der Waals surface area (Å²) in [5, 5.41) is 10.6. The minimum Gasteiger partial charge on any atom is -0.389 e. The van der Waals surface area contributed by atoms with Gasteiger partial charge in [0, 0.05) is 19.6 Å². The molecule has 0 saturated heterocycles. The van der Waals surface area contributed by atoms with E-state index >= 15 is 0 Å². The molecule has 3 heteroatoms. The predicted octanol–water partition coefficient (Wildman–Crippen LogP) is 4.03. The van der Waals surface area contributed by atoms with Gasteiger partial charge in [0.25, 0.3) is 0 Å². The molecule has 1 heterocycles. The van der Waals surface area contributed by atoms with Crippen LogP contribution >= 0.6 is 0 Å². The van der Waals surface area contributed by atoms with E-state index in [2.05, 4.69) is 43.0 Å². The summed E-state index contributed by atoms with van der Waals surface area (Å²) in [5.74, 6) is 2.35. The molecular weight excluding hydrogens is 322 g/mol. The first-order valence-electron chi connectivity index (χ1n) is 10.6. The third-order valence-corrected chi connectivity index (χ3v) is 6.83. The summed E-state index contributed by atoms with van der Waals surface area (Å²) in [5.41, 5.74) is 2.91. The molecule has 0 amide bonds. The van der Waals surface area contributed by atoms with Crippen LogP contribution in [0.1, 0.15) is 57.1 Å². The smallest absolute Gasteiger partial charge is 0.0900 e. The third kappa shape index (κ3) is 4.16. The van der Waals surface area contributed by atoms with E-state index in [0.717, 1.165) is 43.8 Å². The standard InChI is InChI=1S/C23H35NO2/c1-17-9-19-10-18(2)12-23(11-17,13-19)26-16-22(25)15-24-8-7-20-5-3-4-6-21(20)14-24/h3-6,17-19,22,25H,7-16H2,1-2H3. The van der Waals surface area contributed by atoms with Crippen molar-refractivity contribution in [2.75, 3.05) is 19.7 Å². The van der Waals surface area contributed by atoms with Gasteiger partial charge in [0.2, 0.25) is 0 Å². The normalized spacial score (nSPS) is 35.7. The second-order valence-electron chi connectivity index (χ2n) is 9.56. The Morgan fingerprint density at radius 1 is 1.12 bits per heavy atom. The summed E-state index contributed by atoms with van der Waals surface area (Å²) in [6.07, 6.45) is 7.00. The molecule has 3 atom stereocenters. The zero-order valence-electron chi connectivity index (χ0n) is 16.5. The Balaban J connectivity index is 1.30. The van der Waals surface area contributed by atoms with E-state index in [0.29, 0.717) is 6.61 Å². The minimum atomic E-state index is -0.387. The van der Waals surface area contributed by atoms with Crippen molar-refractivity contribution >= 4 is 0 Å². The number of nitrogens with zero attached hydrogens (tertiary/aromatic N) is 1. The van der Waals surface area contributed by atoms with Gasteiger partial charge in [0.15, 0.2) is 0 Å². The van der Waals surface area contributed by atoms with Crippen LogP contribution in [-0.4, -0.2) is 41.4 Å². The zero-order chi connectivity index (χ0) is 18.1. The van der Waals surface area contributed by atoms with Gasteiger partial charge in [-0.2, -0.15) is 0 Å². The Labute approximate surface area is 158 Å². The molecule has 1 aromatic rings. The van der Waals surface area contributed by atoms with Crippen molar-refractivity contribution in [3.63, 3.8) is 0 Å². The van der Waals surface area contributed by atoms with Gasteiger partial charge in [0.1, 0.15) is 0 Å². The van der Waals surface area contributed by atoms with E-state index in [1.54, 1.807) is 0 Å². The van der Waals surface area contributed by atoms with Crippen molar-refractivity contribution in [2.24, 2.45) is 17.8 Å². The lowest BCUT2D eigenvalue weighted by Gasteiger charge is -2.50. The second-order valence-corrected chi connectivity index (χ2v) is 9.56. The first-order valence-corrected chi connectivity index (χ1v) is 10.6. The lowest BCUT2D eigenvalue weighted by atomic mass is 9.63. The van der Waals surface area contributed by atoms with Crippen LogP contribution in [0.3, 0.4) is 0 Å². The monoisotopic (exact) mass is 357 g/mol. The average molecular weight is 358 g/mol. The topological polar surface area (TPSA) is 32.7 Å². The number of β-amino-alcohol motifs (C(OH)–C–C–N with tert-alkyl or cyclic N) is 1. The molecule has 4 rings (SSSR count). The summed E-state index contributed by atoms with van der Waals surface area (Å²) < 4.78 is 6.48. The van der Waals surface area contributed by atoms with Crippen molar-refractivity contribution in [2.45, 2.75) is 70.6 Å². The molecule has 0 spiro atoms. The molecule has 1 N–H and O–H groups in total. The number of fused-ring (bicyclic) bond motifs is 3. The molecule has 0 aromatic heterocycles. The molecule has 2 fully saturated rings. The van der Waals surface area contributed by atoms with Crippen LogP contribution in [0.4, 0.5) is 0 Å². The van der Waals surface area contributed by atoms with Crippen LogP contribution < -0.4 is 0 Å². The summed E-state index contributed by atoms with van der Waals surface area (Å²) in [6, 6.07) is 8.69. The quantitative estimate of drug-likeness (QED) is 0.864. The predicted molar refractivity (Wildman–Crippen MR) is 105 cm³/mol. The Morgan fingerprint density at radius 2 is 1.81 bits per heavy atom. The maximum Gasteiger partial charge on any atom is 0.0900 e. The van der Waals surface area contributed by atoms with Gasteiger partial charge in [-0.25, -0.2) is 0 Å². The SMILES string of the molecule is CC1CC2CC(C)CC(OCC(O)CN3CCc4ccccc4C3)(C1)C2. The van der Waals surface area contributed by atoms with Crippen LogP contribution in [0.5, 0.6) is 0 Å². The molecule has 2 bridgehead atoms. The lowest BCUT2D eigenvalue weighted by Crippen LogP contribution is -2.48. The highest BCUT2D eigenvalue weighted by atomic mass is 16.5. The second kappa shape index (κ2) is 7.61. The molecule has 3 aliphatic rings. The number of aliphatic hydroxyl groups excluding tert-OH is 1. The van der Waals surface area contributed by atoms with Crippen LogP contribution in [0, 0.1) is 17.8 Å². The molecule has 0 radical (unpaired) electrons. The molecule has 1 aromatic carbocycles. The Bertz CT molecular complexity index is 596. The fraction of sp³-hybridized carbons (Fsp3) is 0.739. The Hall–Kier alpha value is -0.900. The number of hydrogen-bond donors (Lipinski definition) is 1. The molecule has 3 nitrogen and oxygen atoms in total. The molecule has 2 saturated carbocycles. The molecule has 144 valence electrons. The number of ether oxygens (including phenoxy) is 1. The minimum absolute atomic E-state index is 0.0372. The van der Waals surface area contributed by atoms with Gasteiger partial charge >= 0.3 is 0 Å². The Kier molecular flexibility index (Phi) is 5.41. The van der Waals surface area contributed by atoms with Crippen LogP contribution in [0.15, 0.2) is 24.3 Å². The van der Waals surface area contributed by atoms with E-state index < -0.39 is 0 Å². The van der Waals surface area contributed by atoms with Gasteiger partial charge in [0.05, 0.1) is 18.3 Å². The fourth-order valence-corrected chi connectivity index (χ4v) is 6.12. The van der Waals surface area contributed by atoms with Crippen LogP contribution in [0.2, 0.25) is 0 Å². The van der Waals surface area contributed by atoms with Crippen molar-refractivity contribution in [1.82, 2.24) is 4.90 Å². The van der Waals surface area contributed by atoms with Gasteiger partial charge in [-0.1, -0.05) is 38.1 Å². The largest absolute Gasteiger partial charge is 0.389 e. The van der Waals surface area contributed by atoms with E-state index in [-0.39, 0.29) is 11.7 Å². The molecular formula is C23H35NO2. The summed E-state index contributed by atoms with van der Waals surface area (Å²) in [6.45, 7) is 7.96. The van der Waals surface area contributed by atoms with Gasteiger partial charge in [-0.3, -0.25) is 4.90 Å². The van der Waals surface area contributed by atoms with E-state index in [9.17, 15) is 5.11 Å². The van der Waals surface area contributed by atoms with Crippen molar-refractivity contribution in [3.05, 3.63) is 35.4 Å². The van der Waals surface area contributed by atoms with Crippen LogP contribution in [-0.2, 0) is 17.7 Å². The first-order chi connectivity index (χ1) is 12.5. The fourth-order valence-electron chi connectivity index (χ4n) is 6.12. The number of rotatable bonds is 5. The highest BCUT2D eigenvalue weighted by Crippen LogP contribution is 2.49. The average Bonchev–Trinajstić information content (AvgIpc) is 2.59. The summed E-state index contributed by atoms with van der Waals surface area (Å²) in [7, 11) is 0.